The van der Waals surface area contributed by atoms with E-state index in [4.69, 9.17) is 11.6 Å². The van der Waals surface area contributed by atoms with Gasteiger partial charge in [-0.3, -0.25) is 9.69 Å². The van der Waals surface area contributed by atoms with Gasteiger partial charge in [0.2, 0.25) is 0 Å². The molecule has 31 heavy (non-hydrogen) atoms. The highest BCUT2D eigenvalue weighted by Crippen LogP contribution is 2.35. The van der Waals surface area contributed by atoms with Gasteiger partial charge in [-0.25, -0.2) is 4.79 Å². The summed E-state index contributed by atoms with van der Waals surface area (Å²) >= 11 is 5.92. The molecule has 2 aromatic rings. The number of nitrogens with one attached hydrogen (secondary N) is 1. The second-order valence-corrected chi connectivity index (χ2v) is 8.15. The van der Waals surface area contributed by atoms with E-state index in [2.05, 4.69) is 24.1 Å². The predicted octanol–water partition coefficient (Wildman–Crippen LogP) is 4.62. The Hall–Kier alpha value is -2.73. The molecule has 7 heteroatoms. The fourth-order valence-corrected chi connectivity index (χ4v) is 4.60. The molecule has 3 rings (SSSR count). The van der Waals surface area contributed by atoms with Gasteiger partial charge in [0.15, 0.2) is 0 Å². The molecular formula is C24H30ClN3O3. The summed E-state index contributed by atoms with van der Waals surface area (Å²) in [7, 11) is 0. The van der Waals surface area contributed by atoms with E-state index in [0.717, 1.165) is 29.9 Å². The molecule has 2 N–H and O–H groups in total. The minimum atomic E-state index is -1.20. The Labute approximate surface area is 188 Å². The van der Waals surface area contributed by atoms with Gasteiger partial charge in [-0.1, -0.05) is 24.3 Å². The number of rotatable bonds is 8. The van der Waals surface area contributed by atoms with E-state index in [0.29, 0.717) is 24.9 Å². The lowest BCUT2D eigenvalue weighted by Crippen LogP contribution is -2.62. The van der Waals surface area contributed by atoms with Crippen molar-refractivity contribution >= 4 is 35.0 Å². The van der Waals surface area contributed by atoms with Crippen LogP contribution in [-0.2, 0) is 17.6 Å². The highest BCUT2D eigenvalue weighted by atomic mass is 35.5. The van der Waals surface area contributed by atoms with Crippen molar-refractivity contribution in [3.05, 3.63) is 59.7 Å². The molecule has 166 valence electrons. The first-order valence-electron chi connectivity index (χ1n) is 10.7. The Morgan fingerprint density at radius 1 is 1.06 bits per heavy atom. The molecule has 0 saturated heterocycles. The minimum absolute atomic E-state index is 0.0906. The highest BCUT2D eigenvalue weighted by Gasteiger charge is 2.48. The maximum Gasteiger partial charge on any atom is 0.408 e. The lowest BCUT2D eigenvalue weighted by atomic mass is 9.76. The van der Waals surface area contributed by atoms with Gasteiger partial charge in [0.05, 0.1) is 0 Å². The van der Waals surface area contributed by atoms with Gasteiger partial charge in [0.25, 0.3) is 5.91 Å². The number of amides is 2. The molecule has 1 aliphatic rings. The van der Waals surface area contributed by atoms with Gasteiger partial charge in [0.1, 0.15) is 5.54 Å². The van der Waals surface area contributed by atoms with Crippen molar-refractivity contribution in [1.29, 1.82) is 0 Å². The molecule has 0 saturated carbocycles. The average molecular weight is 444 g/mol. The topological polar surface area (TPSA) is 72.9 Å². The van der Waals surface area contributed by atoms with E-state index in [1.54, 1.807) is 0 Å². The molecule has 0 bridgehead atoms. The van der Waals surface area contributed by atoms with E-state index in [1.165, 1.54) is 4.90 Å². The van der Waals surface area contributed by atoms with Crippen molar-refractivity contribution in [2.45, 2.75) is 38.6 Å². The van der Waals surface area contributed by atoms with Gasteiger partial charge in [-0.05, 0) is 62.1 Å². The quantitative estimate of drug-likeness (QED) is 0.584. The third-order valence-electron chi connectivity index (χ3n) is 6.14. The number of alkyl halides is 1. The number of benzene rings is 2. The average Bonchev–Trinajstić information content (AvgIpc) is 2.78. The van der Waals surface area contributed by atoms with E-state index in [9.17, 15) is 14.7 Å². The van der Waals surface area contributed by atoms with E-state index >= 15 is 0 Å². The summed E-state index contributed by atoms with van der Waals surface area (Å²) in [6, 6.07) is 15.6. The largest absolute Gasteiger partial charge is 0.465 e. The summed E-state index contributed by atoms with van der Waals surface area (Å²) in [5.74, 6) is -0.188. The molecule has 0 heterocycles. The highest BCUT2D eigenvalue weighted by molar-refractivity contribution is 6.18. The molecule has 1 aliphatic carbocycles. The molecule has 0 aliphatic heterocycles. The number of carboxylic acid groups (broad SMARTS) is 1. The summed E-state index contributed by atoms with van der Waals surface area (Å²) in [4.78, 5) is 29.1. The minimum Gasteiger partial charge on any atom is -0.465 e. The number of carbonyl (C=O) groups is 2. The van der Waals surface area contributed by atoms with Crippen LogP contribution in [0, 0.1) is 0 Å². The van der Waals surface area contributed by atoms with Gasteiger partial charge in [-0.15, -0.1) is 11.6 Å². The van der Waals surface area contributed by atoms with Crippen LogP contribution in [0.3, 0.4) is 0 Å². The van der Waals surface area contributed by atoms with Crippen LogP contribution < -0.4 is 10.2 Å². The second-order valence-electron chi connectivity index (χ2n) is 7.77. The maximum absolute atomic E-state index is 13.6. The predicted molar refractivity (Wildman–Crippen MR) is 125 cm³/mol. The summed E-state index contributed by atoms with van der Waals surface area (Å²) in [5, 5.41) is 12.9. The zero-order valence-electron chi connectivity index (χ0n) is 18.1. The van der Waals surface area contributed by atoms with Crippen molar-refractivity contribution in [1.82, 2.24) is 4.90 Å². The number of fused-ring (bicyclic) bond motifs is 1. The molecule has 0 radical (unpaired) electrons. The first-order chi connectivity index (χ1) is 14.9. The van der Waals surface area contributed by atoms with Crippen LogP contribution in [0.15, 0.2) is 48.5 Å². The number of hydrogen-bond acceptors (Lipinski definition) is 3. The molecule has 0 spiro atoms. The Kier molecular flexibility index (Phi) is 7.44. The van der Waals surface area contributed by atoms with E-state index < -0.39 is 11.6 Å². The number of hydrogen-bond donors (Lipinski definition) is 2. The Morgan fingerprint density at radius 3 is 2.29 bits per heavy atom. The van der Waals surface area contributed by atoms with Crippen molar-refractivity contribution in [3.8, 4) is 0 Å². The number of nitrogens with zero attached hydrogens (tertiary/aromatic N) is 2. The van der Waals surface area contributed by atoms with E-state index in [-0.39, 0.29) is 18.3 Å². The zero-order valence-corrected chi connectivity index (χ0v) is 18.9. The first-order valence-corrected chi connectivity index (χ1v) is 11.3. The second kappa shape index (κ2) is 10.1. The number of aryl methyl sites for hydroxylation is 1. The van der Waals surface area contributed by atoms with Gasteiger partial charge in [0, 0.05) is 43.3 Å². The fourth-order valence-electron chi connectivity index (χ4n) is 4.43. The Bertz CT molecular complexity index is 915. The van der Waals surface area contributed by atoms with Crippen molar-refractivity contribution in [3.63, 3.8) is 0 Å². The van der Waals surface area contributed by atoms with Crippen LogP contribution in [0.1, 0.15) is 31.4 Å². The summed E-state index contributed by atoms with van der Waals surface area (Å²) < 4.78 is 0. The lowest BCUT2D eigenvalue weighted by molar-refractivity contribution is -0.127. The molecule has 1 atom stereocenters. The van der Waals surface area contributed by atoms with Crippen LogP contribution in [0.5, 0.6) is 0 Å². The molecular weight excluding hydrogens is 414 g/mol. The Balaban J connectivity index is 1.91. The summed E-state index contributed by atoms with van der Waals surface area (Å²) in [5.41, 5.74) is 2.69. The smallest absolute Gasteiger partial charge is 0.408 e. The maximum atomic E-state index is 13.6. The van der Waals surface area contributed by atoms with Crippen LogP contribution in [0.2, 0.25) is 0 Å². The van der Waals surface area contributed by atoms with Crippen LogP contribution >= 0.6 is 11.6 Å². The number of carbonyl (C=O) groups excluding carboxylic acids is 1. The molecule has 0 aromatic heterocycles. The summed E-state index contributed by atoms with van der Waals surface area (Å²) in [6.45, 7) is 6.09. The zero-order chi connectivity index (χ0) is 22.4. The van der Waals surface area contributed by atoms with Crippen LogP contribution in [0.25, 0.3) is 0 Å². The summed E-state index contributed by atoms with van der Waals surface area (Å²) in [6.07, 6.45) is 0.245. The third-order valence-corrected chi connectivity index (χ3v) is 6.31. The third kappa shape index (κ3) is 4.79. The van der Waals surface area contributed by atoms with Crippen LogP contribution in [-0.4, -0.2) is 53.1 Å². The van der Waals surface area contributed by atoms with E-state index in [1.807, 2.05) is 48.5 Å². The molecule has 0 fully saturated rings. The normalized spacial score (nSPS) is 17.5. The van der Waals surface area contributed by atoms with Crippen LogP contribution in [0.4, 0.5) is 16.2 Å². The molecule has 6 nitrogen and oxygen atoms in total. The van der Waals surface area contributed by atoms with Gasteiger partial charge in [-0.2, -0.15) is 0 Å². The monoisotopic (exact) mass is 443 g/mol. The molecule has 1 unspecified atom stereocenters. The first kappa shape index (κ1) is 22.9. The standard InChI is InChI=1S/C24H30ClN3O3/c1-3-27(4-2)21-11-9-20(10-12-21)26-22(29)24(28(16-15-25)23(30)31)14-13-18-7-5-6-8-19(18)17-24/h5-12H,3-4,13-17H2,1-2H3,(H,26,29)(H,30,31). The fraction of sp³-hybridized carbons (Fsp3) is 0.417. The molecule has 2 aromatic carbocycles. The van der Waals surface area contributed by atoms with Crippen molar-refractivity contribution in [2.75, 3.05) is 35.7 Å². The van der Waals surface area contributed by atoms with Crippen molar-refractivity contribution in [2.24, 2.45) is 0 Å². The van der Waals surface area contributed by atoms with Gasteiger partial charge < -0.3 is 15.3 Å². The lowest BCUT2D eigenvalue weighted by Gasteiger charge is -2.43. The van der Waals surface area contributed by atoms with Gasteiger partial charge >= 0.3 is 6.09 Å². The Morgan fingerprint density at radius 2 is 1.71 bits per heavy atom. The van der Waals surface area contributed by atoms with Crippen molar-refractivity contribution < 1.29 is 14.7 Å². The number of halogens is 1. The SMILES string of the molecule is CCN(CC)c1ccc(NC(=O)C2(N(CCCl)C(=O)O)CCc3ccccc3C2)cc1. The molecule has 2 amide bonds. The number of anilines is 2.